The number of methoxy groups -OCH3 is 1. The largest absolute Gasteiger partial charge is 0.495 e. The number of thioether (sulfide) groups is 1. The monoisotopic (exact) mass is 491 g/mol. The molecule has 8 nitrogen and oxygen atoms in total. The molecule has 2 amide bonds. The van der Waals surface area contributed by atoms with Gasteiger partial charge in [0, 0.05) is 0 Å². The number of amides is 2. The van der Waals surface area contributed by atoms with Crippen LogP contribution in [0.25, 0.3) is 16.4 Å². The van der Waals surface area contributed by atoms with Crippen LogP contribution < -0.4 is 15.0 Å². The van der Waals surface area contributed by atoms with Gasteiger partial charge in [-0.25, -0.2) is 0 Å². The number of carbonyl (C=O) groups is 2. The number of rotatable bonds is 6. The Labute approximate surface area is 204 Å². The van der Waals surface area contributed by atoms with E-state index in [0.717, 1.165) is 16.1 Å². The summed E-state index contributed by atoms with van der Waals surface area (Å²) in [6.07, 6.45) is 0. The first kappa shape index (κ1) is 22.2. The summed E-state index contributed by atoms with van der Waals surface area (Å²) in [4.78, 5) is 27.8. The molecule has 0 bridgehead atoms. The molecule has 0 atom stereocenters. The quantitative estimate of drug-likeness (QED) is 0.403. The highest BCUT2D eigenvalue weighted by atomic mass is 32.2. The number of aryl methyl sites for hydroxylation is 1. The molecule has 0 fully saturated rings. The Kier molecular flexibility index (Phi) is 6.08. The molecule has 34 heavy (non-hydrogen) atoms. The van der Waals surface area contributed by atoms with E-state index in [0.29, 0.717) is 28.1 Å². The summed E-state index contributed by atoms with van der Waals surface area (Å²) >= 11 is 2.84. The Morgan fingerprint density at radius 2 is 2.00 bits per heavy atom. The van der Waals surface area contributed by atoms with Gasteiger partial charge in [0.15, 0.2) is 11.0 Å². The molecule has 1 aliphatic heterocycles. The Morgan fingerprint density at radius 3 is 2.79 bits per heavy atom. The lowest BCUT2D eigenvalue weighted by Crippen LogP contribution is -2.43. The summed E-state index contributed by atoms with van der Waals surface area (Å²) in [7, 11) is 1.62. The maximum atomic E-state index is 13.2. The number of anilines is 2. The molecule has 3 heterocycles. The molecule has 172 valence electrons. The zero-order chi connectivity index (χ0) is 23.7. The average molecular weight is 492 g/mol. The summed E-state index contributed by atoms with van der Waals surface area (Å²) in [5, 5.41) is 14.2. The van der Waals surface area contributed by atoms with E-state index in [4.69, 9.17) is 4.74 Å². The predicted molar refractivity (Wildman–Crippen MR) is 134 cm³/mol. The molecule has 0 radical (unpaired) electrons. The Hall–Kier alpha value is -3.63. The molecule has 2 aromatic heterocycles. The molecule has 1 N–H and O–H groups in total. The standard InChI is InChI=1S/C24H21N5O3S2/c1-15-9-10-19(32-2)18(12-15)29-23(20-8-5-11-33-20)26-27-24(29)34-14-22(31)28-13-21(30)25-16-6-3-4-7-17(16)28/h3-12H,13-14H2,1-2H3,(H,25,30). The number of nitrogens with zero attached hydrogens (tertiary/aromatic N) is 4. The van der Waals surface area contributed by atoms with Crippen LogP contribution in [0.5, 0.6) is 5.75 Å². The van der Waals surface area contributed by atoms with E-state index in [2.05, 4.69) is 15.5 Å². The average Bonchev–Trinajstić information content (AvgIpc) is 3.51. The number of nitrogens with one attached hydrogen (secondary N) is 1. The second kappa shape index (κ2) is 9.32. The first-order chi connectivity index (χ1) is 16.5. The molecule has 0 saturated heterocycles. The highest BCUT2D eigenvalue weighted by Crippen LogP contribution is 2.35. The fourth-order valence-electron chi connectivity index (χ4n) is 3.78. The number of carbonyl (C=O) groups excluding carboxylic acids is 2. The normalized spacial score (nSPS) is 12.9. The highest BCUT2D eigenvalue weighted by molar-refractivity contribution is 7.99. The van der Waals surface area contributed by atoms with Gasteiger partial charge < -0.3 is 15.0 Å². The molecular weight excluding hydrogens is 470 g/mol. The maximum absolute atomic E-state index is 13.2. The molecule has 5 rings (SSSR count). The van der Waals surface area contributed by atoms with Gasteiger partial charge in [0.25, 0.3) is 0 Å². The van der Waals surface area contributed by atoms with E-state index >= 15 is 0 Å². The number of hydrogen-bond donors (Lipinski definition) is 1. The van der Waals surface area contributed by atoms with Crippen LogP contribution in [0.1, 0.15) is 5.56 Å². The van der Waals surface area contributed by atoms with Gasteiger partial charge in [-0.3, -0.25) is 14.2 Å². The van der Waals surface area contributed by atoms with Crippen LogP contribution in [0.4, 0.5) is 11.4 Å². The van der Waals surface area contributed by atoms with Crippen molar-refractivity contribution in [1.29, 1.82) is 0 Å². The third kappa shape index (κ3) is 4.17. The van der Waals surface area contributed by atoms with Crippen LogP contribution in [0.2, 0.25) is 0 Å². The van der Waals surface area contributed by atoms with E-state index in [1.54, 1.807) is 24.5 Å². The molecule has 0 unspecified atom stereocenters. The zero-order valence-electron chi connectivity index (χ0n) is 18.5. The van der Waals surface area contributed by atoms with Crippen LogP contribution in [-0.2, 0) is 9.59 Å². The fourth-order valence-corrected chi connectivity index (χ4v) is 5.30. The van der Waals surface area contributed by atoms with E-state index in [1.807, 2.05) is 65.4 Å². The van der Waals surface area contributed by atoms with Gasteiger partial charge in [0.05, 0.1) is 34.8 Å². The molecule has 2 aromatic carbocycles. The van der Waals surface area contributed by atoms with Crippen molar-refractivity contribution in [3.05, 3.63) is 65.5 Å². The number of para-hydroxylation sites is 2. The van der Waals surface area contributed by atoms with Crippen LogP contribution >= 0.6 is 23.1 Å². The molecule has 0 aliphatic carbocycles. The minimum absolute atomic E-state index is 0.0186. The van der Waals surface area contributed by atoms with Crippen molar-refractivity contribution in [3.8, 4) is 22.1 Å². The van der Waals surface area contributed by atoms with Crippen molar-refractivity contribution in [3.63, 3.8) is 0 Å². The van der Waals surface area contributed by atoms with Gasteiger partial charge in [0.2, 0.25) is 11.8 Å². The van der Waals surface area contributed by atoms with Crippen LogP contribution in [0, 0.1) is 6.92 Å². The van der Waals surface area contributed by atoms with Crippen molar-refractivity contribution < 1.29 is 14.3 Å². The zero-order valence-corrected chi connectivity index (χ0v) is 20.2. The minimum Gasteiger partial charge on any atom is -0.495 e. The van der Waals surface area contributed by atoms with Gasteiger partial charge in [-0.05, 0) is 48.2 Å². The van der Waals surface area contributed by atoms with Gasteiger partial charge in [-0.1, -0.05) is 36.0 Å². The number of benzene rings is 2. The minimum atomic E-state index is -0.218. The van der Waals surface area contributed by atoms with E-state index in [9.17, 15) is 9.59 Å². The predicted octanol–water partition coefficient (Wildman–Crippen LogP) is 4.39. The van der Waals surface area contributed by atoms with Gasteiger partial charge in [-0.15, -0.1) is 21.5 Å². The summed E-state index contributed by atoms with van der Waals surface area (Å²) in [6, 6.07) is 17.1. The highest BCUT2D eigenvalue weighted by Gasteiger charge is 2.28. The third-order valence-electron chi connectivity index (χ3n) is 5.35. The number of hydrogen-bond acceptors (Lipinski definition) is 7. The number of ether oxygens (including phenoxy) is 1. The summed E-state index contributed by atoms with van der Waals surface area (Å²) in [5.41, 5.74) is 3.18. The third-order valence-corrected chi connectivity index (χ3v) is 7.13. The van der Waals surface area contributed by atoms with Crippen LogP contribution in [0.15, 0.2) is 65.1 Å². The van der Waals surface area contributed by atoms with Crippen molar-refractivity contribution in [1.82, 2.24) is 14.8 Å². The molecule has 10 heteroatoms. The molecule has 0 saturated carbocycles. The van der Waals surface area contributed by atoms with Crippen LogP contribution in [0.3, 0.4) is 0 Å². The molecule has 0 spiro atoms. The van der Waals surface area contributed by atoms with Crippen molar-refractivity contribution in [2.45, 2.75) is 12.1 Å². The lowest BCUT2D eigenvalue weighted by molar-refractivity contribution is -0.120. The summed E-state index contributed by atoms with van der Waals surface area (Å²) in [5.74, 6) is 1.05. The Bertz CT molecular complexity index is 1370. The second-order valence-electron chi connectivity index (χ2n) is 7.63. The number of thiophene rings is 1. The van der Waals surface area contributed by atoms with Crippen molar-refractivity contribution >= 4 is 46.3 Å². The van der Waals surface area contributed by atoms with Crippen molar-refractivity contribution in [2.75, 3.05) is 29.6 Å². The lowest BCUT2D eigenvalue weighted by atomic mass is 10.2. The summed E-state index contributed by atoms with van der Waals surface area (Å²) in [6.45, 7) is 1.99. The van der Waals surface area contributed by atoms with E-state index < -0.39 is 0 Å². The SMILES string of the molecule is COc1ccc(C)cc1-n1c(SCC(=O)N2CC(=O)Nc3ccccc32)nnc1-c1cccs1. The number of fused-ring (bicyclic) bond motifs is 1. The second-order valence-corrected chi connectivity index (χ2v) is 9.52. The van der Waals surface area contributed by atoms with Gasteiger partial charge in [-0.2, -0.15) is 0 Å². The number of aromatic nitrogens is 3. The molecule has 1 aliphatic rings. The Balaban J connectivity index is 1.48. The van der Waals surface area contributed by atoms with E-state index in [-0.39, 0.29) is 24.1 Å². The first-order valence-electron chi connectivity index (χ1n) is 10.5. The topological polar surface area (TPSA) is 89.4 Å². The summed E-state index contributed by atoms with van der Waals surface area (Å²) < 4.78 is 7.54. The molecule has 4 aromatic rings. The smallest absolute Gasteiger partial charge is 0.244 e. The van der Waals surface area contributed by atoms with Crippen LogP contribution in [-0.4, -0.2) is 46.0 Å². The van der Waals surface area contributed by atoms with Gasteiger partial charge in [0.1, 0.15) is 12.3 Å². The van der Waals surface area contributed by atoms with Crippen molar-refractivity contribution in [2.24, 2.45) is 0 Å². The first-order valence-corrected chi connectivity index (χ1v) is 12.4. The lowest BCUT2D eigenvalue weighted by Gasteiger charge is -2.29. The fraction of sp³-hybridized carbons (Fsp3) is 0.167. The van der Waals surface area contributed by atoms with E-state index in [1.165, 1.54) is 16.7 Å². The van der Waals surface area contributed by atoms with Gasteiger partial charge >= 0.3 is 0 Å². The Morgan fingerprint density at radius 1 is 1.15 bits per heavy atom. The molecular formula is C24H21N5O3S2. The maximum Gasteiger partial charge on any atom is 0.244 e.